The predicted octanol–water partition coefficient (Wildman–Crippen LogP) is 4.72. The molecule has 0 radical (unpaired) electrons. The summed E-state index contributed by atoms with van der Waals surface area (Å²) in [6.07, 6.45) is 8.24. The molecule has 1 heterocycles. The van der Waals surface area contributed by atoms with Gasteiger partial charge in [0.25, 0.3) is 0 Å². The molecule has 100 valence electrons. The zero-order valence-electron chi connectivity index (χ0n) is 11.4. The molecule has 3 heteroatoms. The summed E-state index contributed by atoms with van der Waals surface area (Å²) in [6, 6.07) is 8.14. The number of hydrogen-bond acceptors (Lipinski definition) is 3. The maximum atomic E-state index is 5.58. The topological polar surface area (TPSA) is 22.1 Å². The largest absolute Gasteiger partial charge is 0.490 e. The Morgan fingerprint density at radius 1 is 1.26 bits per heavy atom. The van der Waals surface area contributed by atoms with Crippen molar-refractivity contribution in [1.29, 1.82) is 0 Å². The molecule has 0 aliphatic rings. The van der Waals surface area contributed by atoms with E-state index in [0.29, 0.717) is 6.61 Å². The van der Waals surface area contributed by atoms with Crippen molar-refractivity contribution in [2.45, 2.75) is 26.7 Å². The van der Waals surface area contributed by atoms with E-state index in [9.17, 15) is 0 Å². The van der Waals surface area contributed by atoms with Crippen molar-refractivity contribution in [1.82, 2.24) is 4.98 Å². The van der Waals surface area contributed by atoms with Crippen molar-refractivity contribution in [3.8, 4) is 16.3 Å². The van der Waals surface area contributed by atoms with E-state index in [1.807, 2.05) is 37.4 Å². The minimum absolute atomic E-state index is 0.619. The average Bonchev–Trinajstić information content (AvgIpc) is 2.89. The zero-order chi connectivity index (χ0) is 13.5. The fourth-order valence-electron chi connectivity index (χ4n) is 1.74. The third-order valence-corrected chi connectivity index (χ3v) is 3.84. The number of hydrogen-bond donors (Lipinski definition) is 0. The fourth-order valence-corrected chi connectivity index (χ4v) is 2.76. The van der Waals surface area contributed by atoms with Gasteiger partial charge in [0.2, 0.25) is 0 Å². The quantitative estimate of drug-likeness (QED) is 0.711. The van der Waals surface area contributed by atoms with Crippen LogP contribution >= 0.6 is 11.3 Å². The van der Waals surface area contributed by atoms with Crippen LogP contribution < -0.4 is 4.74 Å². The molecular weight excluding hydrogens is 254 g/mol. The van der Waals surface area contributed by atoms with E-state index in [1.165, 1.54) is 11.3 Å². The molecule has 0 bridgehead atoms. The lowest BCUT2D eigenvalue weighted by atomic mass is 10.2. The number of thiazole rings is 1. The molecule has 0 unspecified atom stereocenters. The third kappa shape index (κ3) is 3.93. The first-order chi connectivity index (χ1) is 9.33. The Labute approximate surface area is 118 Å². The van der Waals surface area contributed by atoms with Crippen molar-refractivity contribution in [2.24, 2.45) is 0 Å². The first kappa shape index (κ1) is 13.8. The van der Waals surface area contributed by atoms with E-state index in [1.54, 1.807) is 11.3 Å². The number of benzene rings is 1. The SMILES string of the molecule is CC=CCOc1ccc(-c2ncc(CCC)s2)cc1. The molecule has 0 saturated carbocycles. The minimum atomic E-state index is 0.619. The maximum absolute atomic E-state index is 5.58. The second-order valence-electron chi connectivity index (χ2n) is 4.29. The first-order valence-corrected chi connectivity index (χ1v) is 7.44. The lowest BCUT2D eigenvalue weighted by Crippen LogP contribution is -1.92. The molecule has 0 fully saturated rings. The van der Waals surface area contributed by atoms with Gasteiger partial charge in [-0.3, -0.25) is 0 Å². The number of nitrogens with zero attached hydrogens (tertiary/aromatic N) is 1. The molecular formula is C16H19NOS. The van der Waals surface area contributed by atoms with Gasteiger partial charge in [0.05, 0.1) is 0 Å². The van der Waals surface area contributed by atoms with Crippen LogP contribution in [-0.2, 0) is 6.42 Å². The number of aryl methyl sites for hydroxylation is 1. The molecule has 1 aromatic heterocycles. The second-order valence-corrected chi connectivity index (χ2v) is 5.40. The van der Waals surface area contributed by atoms with Crippen molar-refractivity contribution in [3.63, 3.8) is 0 Å². The van der Waals surface area contributed by atoms with Gasteiger partial charge in [0.1, 0.15) is 17.4 Å². The summed E-state index contributed by atoms with van der Waals surface area (Å²) in [6.45, 7) is 4.80. The van der Waals surface area contributed by atoms with Crippen LogP contribution in [0.1, 0.15) is 25.1 Å². The van der Waals surface area contributed by atoms with Crippen LogP contribution in [0.5, 0.6) is 5.75 Å². The first-order valence-electron chi connectivity index (χ1n) is 6.62. The number of aromatic nitrogens is 1. The molecule has 19 heavy (non-hydrogen) atoms. The van der Waals surface area contributed by atoms with Crippen molar-refractivity contribution < 1.29 is 4.74 Å². The molecule has 0 atom stereocenters. The zero-order valence-corrected chi connectivity index (χ0v) is 12.2. The van der Waals surface area contributed by atoms with Crippen LogP contribution in [0.15, 0.2) is 42.6 Å². The molecule has 2 aromatic rings. The molecule has 0 aliphatic carbocycles. The summed E-state index contributed by atoms with van der Waals surface area (Å²) in [5, 5.41) is 1.09. The predicted molar refractivity (Wildman–Crippen MR) is 81.9 cm³/mol. The van der Waals surface area contributed by atoms with Gasteiger partial charge in [-0.25, -0.2) is 4.98 Å². The molecule has 0 spiro atoms. The Kier molecular flexibility index (Phi) is 5.16. The minimum Gasteiger partial charge on any atom is -0.490 e. The van der Waals surface area contributed by atoms with Crippen molar-refractivity contribution >= 4 is 11.3 Å². The summed E-state index contributed by atoms with van der Waals surface area (Å²) in [5.74, 6) is 0.896. The Balaban J connectivity index is 2.04. The third-order valence-electron chi connectivity index (χ3n) is 2.73. The van der Waals surface area contributed by atoms with E-state index < -0.39 is 0 Å². The van der Waals surface area contributed by atoms with E-state index in [4.69, 9.17) is 4.74 Å². The van der Waals surface area contributed by atoms with Gasteiger partial charge >= 0.3 is 0 Å². The highest BCUT2D eigenvalue weighted by molar-refractivity contribution is 7.15. The fraction of sp³-hybridized carbons (Fsp3) is 0.312. The van der Waals surface area contributed by atoms with Crippen LogP contribution in [0.25, 0.3) is 10.6 Å². The van der Waals surface area contributed by atoms with Crippen LogP contribution in [0.3, 0.4) is 0 Å². The van der Waals surface area contributed by atoms with Crippen LogP contribution in [0.2, 0.25) is 0 Å². The van der Waals surface area contributed by atoms with Crippen LogP contribution in [0.4, 0.5) is 0 Å². The van der Waals surface area contributed by atoms with Gasteiger partial charge < -0.3 is 4.74 Å². The smallest absolute Gasteiger partial charge is 0.123 e. The van der Waals surface area contributed by atoms with Crippen molar-refractivity contribution in [3.05, 3.63) is 47.5 Å². The highest BCUT2D eigenvalue weighted by atomic mass is 32.1. The normalized spacial score (nSPS) is 11.1. The van der Waals surface area contributed by atoms with Crippen LogP contribution in [-0.4, -0.2) is 11.6 Å². The van der Waals surface area contributed by atoms with E-state index >= 15 is 0 Å². The maximum Gasteiger partial charge on any atom is 0.123 e. The molecule has 0 saturated heterocycles. The number of rotatable bonds is 6. The van der Waals surface area contributed by atoms with E-state index in [0.717, 1.165) is 22.7 Å². The number of allylic oxidation sites excluding steroid dienone is 1. The van der Waals surface area contributed by atoms with Gasteiger partial charge in [-0.15, -0.1) is 11.3 Å². The monoisotopic (exact) mass is 273 g/mol. The molecule has 1 aromatic carbocycles. The molecule has 0 aliphatic heterocycles. The lowest BCUT2D eigenvalue weighted by Gasteiger charge is -2.03. The Morgan fingerprint density at radius 2 is 2.05 bits per heavy atom. The highest BCUT2D eigenvalue weighted by Gasteiger charge is 2.04. The summed E-state index contributed by atoms with van der Waals surface area (Å²) < 4.78 is 5.58. The molecule has 0 amide bonds. The highest BCUT2D eigenvalue weighted by Crippen LogP contribution is 2.27. The van der Waals surface area contributed by atoms with E-state index in [-0.39, 0.29) is 0 Å². The van der Waals surface area contributed by atoms with E-state index in [2.05, 4.69) is 24.0 Å². The second kappa shape index (κ2) is 7.10. The van der Waals surface area contributed by atoms with Gasteiger partial charge in [-0.2, -0.15) is 0 Å². The van der Waals surface area contributed by atoms with Gasteiger partial charge in [0.15, 0.2) is 0 Å². The summed E-state index contributed by atoms with van der Waals surface area (Å²) >= 11 is 1.77. The summed E-state index contributed by atoms with van der Waals surface area (Å²) in [7, 11) is 0. The Bertz CT molecular complexity index is 528. The lowest BCUT2D eigenvalue weighted by molar-refractivity contribution is 0.363. The molecule has 2 nitrogen and oxygen atoms in total. The number of ether oxygens (including phenoxy) is 1. The summed E-state index contributed by atoms with van der Waals surface area (Å²) in [5.41, 5.74) is 1.16. The molecule has 2 rings (SSSR count). The standard InChI is InChI=1S/C16H19NOS/c1-3-5-11-18-14-9-7-13(8-10-14)16-17-12-15(19-16)6-4-2/h3,5,7-10,12H,4,6,11H2,1-2H3. The van der Waals surface area contributed by atoms with Gasteiger partial charge in [-0.05, 0) is 37.6 Å². The average molecular weight is 273 g/mol. The molecule has 0 N–H and O–H groups in total. The summed E-state index contributed by atoms with van der Waals surface area (Å²) in [4.78, 5) is 5.83. The van der Waals surface area contributed by atoms with Crippen LogP contribution in [0, 0.1) is 0 Å². The van der Waals surface area contributed by atoms with Crippen molar-refractivity contribution in [2.75, 3.05) is 6.61 Å². The van der Waals surface area contributed by atoms with Gasteiger partial charge in [-0.1, -0.05) is 25.5 Å². The Morgan fingerprint density at radius 3 is 2.74 bits per heavy atom. The van der Waals surface area contributed by atoms with Gasteiger partial charge in [0, 0.05) is 16.6 Å². The Hall–Kier alpha value is -1.61.